The molecule has 1 amide bonds. The Bertz CT molecular complexity index is 1560. The Morgan fingerprint density at radius 3 is 2.44 bits per heavy atom. The monoisotopic (exact) mass is 529 g/mol. The van der Waals surface area contributed by atoms with E-state index in [1.165, 1.54) is 0 Å². The van der Waals surface area contributed by atoms with Gasteiger partial charge >= 0.3 is 11.4 Å². The number of aromatic amines is 1. The zero-order chi connectivity index (χ0) is 27.4. The molecule has 0 bridgehead atoms. The average molecular weight is 530 g/mol. The molecule has 1 aliphatic heterocycles. The number of nitrogens with zero attached hydrogens (tertiary/aromatic N) is 2. The Hall–Kier alpha value is -4.37. The Morgan fingerprint density at radius 1 is 1.00 bits per heavy atom. The number of carbonyl (C=O) groups excluding carboxylic acids is 1. The molecule has 1 N–H and O–H groups in total. The van der Waals surface area contributed by atoms with E-state index in [1.807, 2.05) is 66.4 Å². The summed E-state index contributed by atoms with van der Waals surface area (Å²) in [6.45, 7) is 3.99. The van der Waals surface area contributed by atoms with Gasteiger partial charge in [0.15, 0.2) is 0 Å². The zero-order valence-corrected chi connectivity index (χ0v) is 22.0. The molecule has 9 nitrogen and oxygen atoms in total. The van der Waals surface area contributed by atoms with Crippen molar-refractivity contribution in [2.24, 2.45) is 0 Å². The van der Waals surface area contributed by atoms with E-state index in [0.29, 0.717) is 31.0 Å². The van der Waals surface area contributed by atoms with Crippen molar-refractivity contribution in [1.29, 1.82) is 0 Å². The lowest BCUT2D eigenvalue weighted by atomic mass is 9.96. The lowest BCUT2D eigenvalue weighted by molar-refractivity contribution is 0.0350. The molecule has 202 valence electrons. The second-order valence-electron chi connectivity index (χ2n) is 9.74. The molecular formula is C30H31N3O6. The van der Waals surface area contributed by atoms with Crippen molar-refractivity contribution in [3.63, 3.8) is 0 Å². The van der Waals surface area contributed by atoms with Crippen LogP contribution in [0, 0.1) is 6.92 Å². The minimum Gasteiger partial charge on any atom is -0.489 e. The molecule has 0 unspecified atom stereocenters. The molecule has 9 heteroatoms. The number of hydrogen-bond acceptors (Lipinski definition) is 6. The number of methoxy groups -OCH3 is 1. The highest BCUT2D eigenvalue weighted by molar-refractivity contribution is 5.95. The molecule has 5 rings (SSSR count). The van der Waals surface area contributed by atoms with Crippen LogP contribution in [0.1, 0.15) is 39.9 Å². The van der Waals surface area contributed by atoms with E-state index < -0.39 is 11.4 Å². The fraction of sp³-hybridized carbons (Fsp3) is 0.300. The third-order valence-corrected chi connectivity index (χ3v) is 7.06. The highest BCUT2D eigenvalue weighted by Gasteiger charge is 2.23. The Balaban J connectivity index is 1.21. The first-order valence-corrected chi connectivity index (χ1v) is 12.9. The van der Waals surface area contributed by atoms with Gasteiger partial charge in [-0.1, -0.05) is 36.4 Å². The van der Waals surface area contributed by atoms with Gasteiger partial charge in [-0.15, -0.1) is 4.74 Å². The van der Waals surface area contributed by atoms with Crippen LogP contribution in [0.5, 0.6) is 5.75 Å². The van der Waals surface area contributed by atoms with Gasteiger partial charge in [-0.2, -0.15) is 0 Å². The molecule has 1 aromatic heterocycles. The van der Waals surface area contributed by atoms with Crippen LogP contribution in [0.25, 0.3) is 11.1 Å². The summed E-state index contributed by atoms with van der Waals surface area (Å²) < 4.78 is 17.2. The van der Waals surface area contributed by atoms with Crippen LogP contribution in [0.2, 0.25) is 0 Å². The van der Waals surface area contributed by atoms with Gasteiger partial charge < -0.3 is 18.9 Å². The Kier molecular flexibility index (Phi) is 7.79. The molecular weight excluding hydrogens is 498 g/mol. The normalized spacial score (nSPS) is 13.9. The fourth-order valence-corrected chi connectivity index (χ4v) is 4.87. The van der Waals surface area contributed by atoms with Crippen molar-refractivity contribution in [3.8, 4) is 16.9 Å². The van der Waals surface area contributed by atoms with Crippen molar-refractivity contribution >= 4 is 5.91 Å². The Morgan fingerprint density at radius 2 is 1.77 bits per heavy atom. The minimum atomic E-state index is -0.778. The fourth-order valence-electron chi connectivity index (χ4n) is 4.87. The van der Waals surface area contributed by atoms with Crippen molar-refractivity contribution in [3.05, 3.63) is 110 Å². The molecule has 0 atom stereocenters. The summed E-state index contributed by atoms with van der Waals surface area (Å²) in [7, 11) is 1.73. The molecule has 0 radical (unpaired) electrons. The maximum Gasteiger partial charge on any atom is 0.440 e. The van der Waals surface area contributed by atoms with E-state index >= 15 is 0 Å². The number of carbonyl (C=O) groups is 1. The van der Waals surface area contributed by atoms with E-state index in [-0.39, 0.29) is 18.6 Å². The summed E-state index contributed by atoms with van der Waals surface area (Å²) in [5, 5.41) is 0. The number of rotatable bonds is 8. The van der Waals surface area contributed by atoms with Crippen LogP contribution >= 0.6 is 0 Å². The second kappa shape index (κ2) is 11.6. The van der Waals surface area contributed by atoms with Crippen molar-refractivity contribution in [2.75, 3.05) is 20.2 Å². The number of benzene rings is 3. The maximum absolute atomic E-state index is 13.0. The lowest BCUT2D eigenvalue weighted by Crippen LogP contribution is -2.40. The topological polar surface area (TPSA) is 107 Å². The highest BCUT2D eigenvalue weighted by Crippen LogP contribution is 2.27. The first-order chi connectivity index (χ1) is 18.9. The van der Waals surface area contributed by atoms with Gasteiger partial charge in [0.2, 0.25) is 0 Å². The smallest absolute Gasteiger partial charge is 0.440 e. The van der Waals surface area contributed by atoms with E-state index in [9.17, 15) is 14.4 Å². The van der Waals surface area contributed by atoms with Crippen LogP contribution in [0.15, 0.2) is 80.8 Å². The molecule has 0 saturated carbocycles. The van der Waals surface area contributed by atoms with Crippen LogP contribution < -0.4 is 16.2 Å². The molecule has 0 spiro atoms. The van der Waals surface area contributed by atoms with Crippen molar-refractivity contribution in [1.82, 2.24) is 14.6 Å². The van der Waals surface area contributed by atoms with E-state index in [1.54, 1.807) is 7.11 Å². The lowest BCUT2D eigenvalue weighted by Gasteiger charge is -2.31. The SMILES string of the molecule is COC1CCN(C(=O)c2ccc(-c3cccc(COc4ccc(Cn5oc(=O)[nH]c5=O)cc4)c3)c(C)c2)CC1. The maximum atomic E-state index is 13.0. The summed E-state index contributed by atoms with van der Waals surface area (Å²) in [6, 6.07) is 21.3. The summed E-state index contributed by atoms with van der Waals surface area (Å²) in [5.74, 6) is -0.0297. The van der Waals surface area contributed by atoms with E-state index in [0.717, 1.165) is 45.4 Å². The standard InChI is InChI=1S/C30H31N3O6/c1-20-16-24(28(34)32-14-12-25(37-2)13-15-32)8-11-27(20)23-5-3-4-22(17-23)19-38-26-9-6-21(7-10-26)18-33-29(35)31-30(36)39-33/h3-11,16-17,25H,12-15,18-19H2,1-2H3,(H,31,35,36). The van der Waals surface area contributed by atoms with Gasteiger partial charge in [0.1, 0.15) is 12.4 Å². The average Bonchev–Trinajstić information content (AvgIpc) is 3.28. The van der Waals surface area contributed by atoms with Gasteiger partial charge in [-0.25, -0.2) is 14.6 Å². The molecule has 1 aliphatic rings. The summed E-state index contributed by atoms with van der Waals surface area (Å²) in [5.41, 5.74) is 5.10. The van der Waals surface area contributed by atoms with E-state index in [2.05, 4.69) is 17.1 Å². The molecule has 3 aromatic carbocycles. The predicted molar refractivity (Wildman–Crippen MR) is 146 cm³/mol. The number of aryl methyl sites for hydroxylation is 1. The van der Waals surface area contributed by atoms with Gasteiger partial charge in [0.05, 0.1) is 12.6 Å². The van der Waals surface area contributed by atoms with Crippen LogP contribution in [0.3, 0.4) is 0 Å². The summed E-state index contributed by atoms with van der Waals surface area (Å²) in [4.78, 5) is 39.8. The number of H-pyrrole nitrogens is 1. The number of aromatic nitrogens is 2. The Labute approximate surface area is 225 Å². The number of likely N-dealkylation sites (tertiary alicyclic amines) is 1. The second-order valence-corrected chi connectivity index (χ2v) is 9.74. The first-order valence-electron chi connectivity index (χ1n) is 12.9. The number of nitrogens with one attached hydrogen (secondary N) is 1. The number of hydrogen-bond donors (Lipinski definition) is 1. The molecule has 2 heterocycles. The van der Waals surface area contributed by atoms with E-state index in [4.69, 9.17) is 14.0 Å². The van der Waals surface area contributed by atoms with Gasteiger partial charge in [-0.05, 0) is 77.9 Å². The van der Waals surface area contributed by atoms with Gasteiger partial charge in [0.25, 0.3) is 5.91 Å². The zero-order valence-electron chi connectivity index (χ0n) is 22.0. The third-order valence-electron chi connectivity index (χ3n) is 7.06. The van der Waals surface area contributed by atoms with Crippen molar-refractivity contribution in [2.45, 2.75) is 39.0 Å². The quantitative estimate of drug-likeness (QED) is 0.370. The number of piperidine rings is 1. The van der Waals surface area contributed by atoms with Crippen LogP contribution in [0.4, 0.5) is 0 Å². The largest absolute Gasteiger partial charge is 0.489 e. The predicted octanol–water partition coefficient (Wildman–Crippen LogP) is 3.98. The molecule has 4 aromatic rings. The molecule has 1 saturated heterocycles. The summed E-state index contributed by atoms with van der Waals surface area (Å²) >= 11 is 0. The summed E-state index contributed by atoms with van der Waals surface area (Å²) in [6.07, 6.45) is 1.97. The third kappa shape index (κ3) is 6.21. The highest BCUT2D eigenvalue weighted by atomic mass is 16.5. The van der Waals surface area contributed by atoms with Gasteiger partial charge in [0, 0.05) is 25.8 Å². The number of ether oxygens (including phenoxy) is 2. The number of amides is 1. The molecule has 1 fully saturated rings. The molecule has 0 aliphatic carbocycles. The minimum absolute atomic E-state index is 0.0667. The van der Waals surface area contributed by atoms with Gasteiger partial charge in [-0.3, -0.25) is 4.79 Å². The molecule has 39 heavy (non-hydrogen) atoms. The van der Waals surface area contributed by atoms with Crippen molar-refractivity contribution < 1.29 is 18.8 Å². The van der Waals surface area contributed by atoms with Crippen LogP contribution in [-0.4, -0.2) is 46.8 Å². The van der Waals surface area contributed by atoms with Crippen LogP contribution in [-0.2, 0) is 17.9 Å². The first kappa shape index (κ1) is 26.2.